The van der Waals surface area contributed by atoms with Gasteiger partial charge in [0.15, 0.2) is 0 Å². The van der Waals surface area contributed by atoms with Crippen molar-refractivity contribution in [2.24, 2.45) is 5.73 Å². The maximum atomic E-state index is 11.3. The summed E-state index contributed by atoms with van der Waals surface area (Å²) in [5.74, 6) is -0.168. The van der Waals surface area contributed by atoms with Gasteiger partial charge in [-0.3, -0.25) is 4.79 Å². The Morgan fingerprint density at radius 3 is 2.67 bits per heavy atom. The zero-order valence-electron chi connectivity index (χ0n) is 9.37. The molecule has 4 N–H and O–H groups in total. The SMILES string of the molecule is COCC(N)C(=O)NCCCCCCO. The number of amides is 1. The maximum absolute atomic E-state index is 11.3. The number of rotatable bonds is 9. The van der Waals surface area contributed by atoms with Gasteiger partial charge in [-0.05, 0) is 12.8 Å². The van der Waals surface area contributed by atoms with Crippen LogP contribution >= 0.6 is 0 Å². The molecule has 1 amide bonds. The van der Waals surface area contributed by atoms with Crippen LogP contribution in [0.1, 0.15) is 25.7 Å². The van der Waals surface area contributed by atoms with E-state index in [0.29, 0.717) is 6.54 Å². The van der Waals surface area contributed by atoms with E-state index < -0.39 is 6.04 Å². The van der Waals surface area contributed by atoms with Crippen molar-refractivity contribution in [2.75, 3.05) is 26.9 Å². The molecule has 0 aliphatic heterocycles. The predicted octanol–water partition coefficient (Wildman–Crippen LogP) is -0.371. The molecule has 0 heterocycles. The average Bonchev–Trinajstić information content (AvgIpc) is 2.23. The first-order valence-electron chi connectivity index (χ1n) is 5.35. The van der Waals surface area contributed by atoms with E-state index in [9.17, 15) is 4.79 Å². The molecule has 0 aliphatic rings. The number of nitrogens with one attached hydrogen (secondary N) is 1. The summed E-state index contributed by atoms with van der Waals surface area (Å²) in [6.07, 6.45) is 3.76. The Hall–Kier alpha value is -0.650. The predicted molar refractivity (Wildman–Crippen MR) is 58.4 cm³/mol. The van der Waals surface area contributed by atoms with E-state index >= 15 is 0 Å². The number of hydrogen-bond acceptors (Lipinski definition) is 4. The van der Waals surface area contributed by atoms with Gasteiger partial charge in [-0.25, -0.2) is 0 Å². The van der Waals surface area contributed by atoms with Crippen LogP contribution in [-0.4, -0.2) is 43.9 Å². The summed E-state index contributed by atoms with van der Waals surface area (Å²) in [6, 6.07) is -0.576. The summed E-state index contributed by atoms with van der Waals surface area (Å²) < 4.78 is 4.77. The first-order valence-corrected chi connectivity index (χ1v) is 5.35. The van der Waals surface area contributed by atoms with Crippen molar-refractivity contribution in [3.05, 3.63) is 0 Å². The molecule has 1 unspecified atom stereocenters. The summed E-state index contributed by atoms with van der Waals surface area (Å²) in [4.78, 5) is 11.3. The summed E-state index contributed by atoms with van der Waals surface area (Å²) >= 11 is 0. The van der Waals surface area contributed by atoms with Crippen LogP contribution in [-0.2, 0) is 9.53 Å². The molecule has 0 rings (SSSR count). The van der Waals surface area contributed by atoms with Crippen molar-refractivity contribution in [2.45, 2.75) is 31.7 Å². The van der Waals surface area contributed by atoms with Crippen LogP contribution in [0.4, 0.5) is 0 Å². The summed E-state index contributed by atoms with van der Waals surface area (Å²) in [5.41, 5.74) is 5.52. The Morgan fingerprint density at radius 2 is 2.07 bits per heavy atom. The summed E-state index contributed by atoms with van der Waals surface area (Å²) in [5, 5.41) is 11.3. The smallest absolute Gasteiger partial charge is 0.239 e. The number of unbranched alkanes of at least 4 members (excludes halogenated alkanes) is 3. The van der Waals surface area contributed by atoms with Crippen molar-refractivity contribution < 1.29 is 14.6 Å². The van der Waals surface area contributed by atoms with Crippen molar-refractivity contribution in [3.8, 4) is 0 Å². The molecule has 0 radical (unpaired) electrons. The molecular weight excluding hydrogens is 196 g/mol. The summed E-state index contributed by atoms with van der Waals surface area (Å²) in [6.45, 7) is 1.13. The van der Waals surface area contributed by atoms with Crippen LogP contribution in [0, 0.1) is 0 Å². The van der Waals surface area contributed by atoms with Crippen LogP contribution in [0.25, 0.3) is 0 Å². The zero-order chi connectivity index (χ0) is 11.5. The third-order valence-electron chi connectivity index (χ3n) is 2.07. The number of ether oxygens (including phenoxy) is 1. The van der Waals surface area contributed by atoms with E-state index in [1.807, 2.05) is 0 Å². The van der Waals surface area contributed by atoms with Crippen molar-refractivity contribution in [1.82, 2.24) is 5.32 Å². The average molecular weight is 218 g/mol. The molecule has 0 bridgehead atoms. The molecule has 0 aromatic heterocycles. The molecule has 15 heavy (non-hydrogen) atoms. The highest BCUT2D eigenvalue weighted by molar-refractivity contribution is 5.81. The largest absolute Gasteiger partial charge is 0.396 e. The fraction of sp³-hybridized carbons (Fsp3) is 0.900. The standard InChI is InChI=1S/C10H22N2O3/c1-15-8-9(11)10(14)12-6-4-2-3-5-7-13/h9,13H,2-8,11H2,1H3,(H,12,14). The monoisotopic (exact) mass is 218 g/mol. The summed E-state index contributed by atoms with van der Waals surface area (Å²) in [7, 11) is 1.52. The second-order valence-electron chi connectivity index (χ2n) is 3.49. The van der Waals surface area contributed by atoms with Crippen LogP contribution in [0.5, 0.6) is 0 Å². The maximum Gasteiger partial charge on any atom is 0.239 e. The Morgan fingerprint density at radius 1 is 1.40 bits per heavy atom. The van der Waals surface area contributed by atoms with Gasteiger partial charge in [-0.2, -0.15) is 0 Å². The molecule has 0 fully saturated rings. The Balaban J connectivity index is 3.30. The van der Waals surface area contributed by atoms with Gasteiger partial charge >= 0.3 is 0 Å². The van der Waals surface area contributed by atoms with Gasteiger partial charge in [0, 0.05) is 20.3 Å². The highest BCUT2D eigenvalue weighted by Gasteiger charge is 2.11. The topological polar surface area (TPSA) is 84.6 Å². The fourth-order valence-electron chi connectivity index (χ4n) is 1.19. The van der Waals surface area contributed by atoms with Gasteiger partial charge < -0.3 is 20.9 Å². The third kappa shape index (κ3) is 8.35. The molecular formula is C10H22N2O3. The van der Waals surface area contributed by atoms with E-state index in [1.165, 1.54) is 7.11 Å². The van der Waals surface area contributed by atoms with E-state index in [2.05, 4.69) is 5.32 Å². The van der Waals surface area contributed by atoms with Crippen molar-refractivity contribution in [3.63, 3.8) is 0 Å². The second kappa shape index (κ2) is 9.89. The van der Waals surface area contributed by atoms with Crippen molar-refractivity contribution >= 4 is 5.91 Å². The number of methoxy groups -OCH3 is 1. The molecule has 0 saturated carbocycles. The lowest BCUT2D eigenvalue weighted by Gasteiger charge is -2.10. The minimum absolute atomic E-state index is 0.168. The molecule has 0 aliphatic carbocycles. The molecule has 90 valence electrons. The van der Waals surface area contributed by atoms with Gasteiger partial charge in [0.1, 0.15) is 6.04 Å². The molecule has 1 atom stereocenters. The van der Waals surface area contributed by atoms with Crippen LogP contribution in [0.2, 0.25) is 0 Å². The Labute approximate surface area is 91.0 Å². The molecule has 0 spiro atoms. The lowest BCUT2D eigenvalue weighted by Crippen LogP contribution is -2.43. The minimum atomic E-state index is -0.576. The lowest BCUT2D eigenvalue weighted by atomic mass is 10.2. The number of carbonyl (C=O) groups is 1. The fourth-order valence-corrected chi connectivity index (χ4v) is 1.19. The minimum Gasteiger partial charge on any atom is -0.396 e. The van der Waals surface area contributed by atoms with Gasteiger partial charge in [-0.15, -0.1) is 0 Å². The van der Waals surface area contributed by atoms with Gasteiger partial charge in [0.05, 0.1) is 6.61 Å². The lowest BCUT2D eigenvalue weighted by molar-refractivity contribution is -0.123. The zero-order valence-corrected chi connectivity index (χ0v) is 9.37. The van der Waals surface area contributed by atoms with Crippen LogP contribution < -0.4 is 11.1 Å². The normalized spacial score (nSPS) is 12.5. The highest BCUT2D eigenvalue weighted by Crippen LogP contribution is 1.97. The molecule has 0 aromatic carbocycles. The van der Waals surface area contributed by atoms with Crippen LogP contribution in [0.15, 0.2) is 0 Å². The third-order valence-corrected chi connectivity index (χ3v) is 2.07. The quantitative estimate of drug-likeness (QED) is 0.461. The highest BCUT2D eigenvalue weighted by atomic mass is 16.5. The number of hydrogen-bond donors (Lipinski definition) is 3. The number of carbonyl (C=O) groups excluding carboxylic acids is 1. The Bertz CT molecular complexity index is 165. The molecule has 5 heteroatoms. The van der Waals surface area contributed by atoms with E-state index in [0.717, 1.165) is 25.7 Å². The first-order chi connectivity index (χ1) is 7.22. The number of nitrogens with two attached hydrogens (primary N) is 1. The van der Waals surface area contributed by atoms with E-state index in [-0.39, 0.29) is 19.1 Å². The number of aliphatic hydroxyl groups excluding tert-OH is 1. The molecule has 0 saturated heterocycles. The van der Waals surface area contributed by atoms with Crippen molar-refractivity contribution in [1.29, 1.82) is 0 Å². The molecule has 0 aromatic rings. The second-order valence-corrected chi connectivity index (χ2v) is 3.49. The molecule has 5 nitrogen and oxygen atoms in total. The van der Waals surface area contributed by atoms with Gasteiger partial charge in [0.25, 0.3) is 0 Å². The Kier molecular flexibility index (Phi) is 9.46. The van der Waals surface area contributed by atoms with Crippen LogP contribution in [0.3, 0.4) is 0 Å². The van der Waals surface area contributed by atoms with E-state index in [4.69, 9.17) is 15.6 Å². The number of aliphatic hydroxyl groups is 1. The first kappa shape index (κ1) is 14.3. The van der Waals surface area contributed by atoms with Gasteiger partial charge in [0.2, 0.25) is 5.91 Å². The van der Waals surface area contributed by atoms with E-state index in [1.54, 1.807) is 0 Å². The van der Waals surface area contributed by atoms with Gasteiger partial charge in [-0.1, -0.05) is 12.8 Å².